The summed E-state index contributed by atoms with van der Waals surface area (Å²) in [4.78, 5) is 10.3. The summed E-state index contributed by atoms with van der Waals surface area (Å²) in [5, 5.41) is 4.65. The molecule has 1 heterocycles. The zero-order valence-corrected chi connectivity index (χ0v) is 32.1. The Balaban J connectivity index is 1.10. The lowest BCUT2D eigenvalue weighted by Crippen LogP contribution is -1.96. The highest BCUT2D eigenvalue weighted by molar-refractivity contribution is 6.23. The average molecular weight is 729 g/mol. The molecule has 10 aromatic rings. The Bertz CT molecular complexity index is 3060. The number of fused-ring (bicyclic) bond motifs is 6. The zero-order chi connectivity index (χ0) is 38.3. The number of hydrogen-bond acceptors (Lipinski definition) is 2. The van der Waals surface area contributed by atoms with Crippen molar-refractivity contribution in [3.63, 3.8) is 0 Å². The van der Waals surface area contributed by atoms with Gasteiger partial charge in [-0.05, 0) is 109 Å². The van der Waals surface area contributed by atoms with Crippen molar-refractivity contribution < 1.29 is 0 Å². The molecule has 270 valence electrons. The highest BCUT2D eigenvalue weighted by Crippen LogP contribution is 2.43. The summed E-state index contributed by atoms with van der Waals surface area (Å²) in [5.41, 5.74) is 18.6. The summed E-state index contributed by atoms with van der Waals surface area (Å²) in [6, 6.07) is 67.9. The molecule has 2 nitrogen and oxygen atoms in total. The average Bonchev–Trinajstić information content (AvgIpc) is 3.29. The molecule has 0 aliphatic rings. The van der Waals surface area contributed by atoms with E-state index >= 15 is 0 Å². The largest absolute Gasteiger partial charge is 0.252 e. The van der Waals surface area contributed by atoms with Gasteiger partial charge in [-0.1, -0.05) is 177 Å². The fourth-order valence-electron chi connectivity index (χ4n) is 8.57. The Morgan fingerprint density at radius 2 is 0.860 bits per heavy atom. The van der Waals surface area contributed by atoms with Crippen LogP contribution >= 0.6 is 0 Å². The van der Waals surface area contributed by atoms with E-state index < -0.39 is 0 Å². The molecule has 0 saturated heterocycles. The van der Waals surface area contributed by atoms with Gasteiger partial charge >= 0.3 is 0 Å². The van der Waals surface area contributed by atoms with Crippen LogP contribution < -0.4 is 0 Å². The lowest BCUT2D eigenvalue weighted by atomic mass is 9.84. The van der Waals surface area contributed by atoms with Gasteiger partial charge in [0.05, 0.1) is 22.9 Å². The summed E-state index contributed by atoms with van der Waals surface area (Å²) in [6.07, 6.45) is 2.87. The van der Waals surface area contributed by atoms with Crippen molar-refractivity contribution in [3.05, 3.63) is 205 Å². The van der Waals surface area contributed by atoms with Crippen LogP contribution in [0.4, 0.5) is 0 Å². The predicted octanol–water partition coefficient (Wildman–Crippen LogP) is 14.8. The first-order valence-electron chi connectivity index (χ1n) is 19.8. The van der Waals surface area contributed by atoms with Gasteiger partial charge in [0.1, 0.15) is 0 Å². The molecule has 0 saturated carbocycles. The Kier molecular flexibility index (Phi) is 8.73. The van der Waals surface area contributed by atoms with E-state index in [1.165, 1.54) is 72.0 Å². The first-order chi connectivity index (χ1) is 28.1. The Hall–Kier alpha value is -7.16. The maximum atomic E-state index is 5.26. The van der Waals surface area contributed by atoms with Gasteiger partial charge in [0, 0.05) is 16.3 Å². The molecular formula is C55H40N2. The maximum Gasteiger partial charge on any atom is 0.0979 e. The van der Waals surface area contributed by atoms with Crippen LogP contribution in [0.1, 0.15) is 18.1 Å². The molecule has 57 heavy (non-hydrogen) atoms. The first-order valence-corrected chi connectivity index (χ1v) is 19.8. The molecule has 0 atom stereocenters. The molecular weight excluding hydrogens is 689 g/mol. The van der Waals surface area contributed by atoms with E-state index in [0.29, 0.717) is 0 Å². The SMILES string of the molecule is CCc1ccc(-c2ccccc2)cc1-c1cc(-c2ccccc2)cc(-c2ccccc2-c2ccc(-c3cnc4c5ccccc5c5ccccc5c4n3)cc2)c1C. The van der Waals surface area contributed by atoms with E-state index in [9.17, 15) is 0 Å². The van der Waals surface area contributed by atoms with Gasteiger partial charge in [0.25, 0.3) is 0 Å². The van der Waals surface area contributed by atoms with Gasteiger partial charge in [-0.2, -0.15) is 0 Å². The second-order valence-corrected chi connectivity index (χ2v) is 14.8. The normalized spacial score (nSPS) is 11.4. The van der Waals surface area contributed by atoms with E-state index in [2.05, 4.69) is 202 Å². The Labute approximate surface area is 333 Å². The molecule has 2 heteroatoms. The molecule has 0 fully saturated rings. The smallest absolute Gasteiger partial charge is 0.0979 e. The number of aryl methyl sites for hydroxylation is 1. The second-order valence-electron chi connectivity index (χ2n) is 14.8. The summed E-state index contributed by atoms with van der Waals surface area (Å²) >= 11 is 0. The molecule has 0 N–H and O–H groups in total. The van der Waals surface area contributed by atoms with Gasteiger partial charge in [0.2, 0.25) is 0 Å². The lowest BCUT2D eigenvalue weighted by molar-refractivity contribution is 1.14. The molecule has 10 rings (SSSR count). The van der Waals surface area contributed by atoms with Crippen molar-refractivity contribution in [2.45, 2.75) is 20.3 Å². The third-order valence-corrected chi connectivity index (χ3v) is 11.5. The maximum absolute atomic E-state index is 5.26. The molecule has 0 aliphatic heterocycles. The van der Waals surface area contributed by atoms with Crippen LogP contribution in [0.3, 0.4) is 0 Å². The van der Waals surface area contributed by atoms with Crippen molar-refractivity contribution in [2.75, 3.05) is 0 Å². The molecule has 1 aromatic heterocycles. The molecule has 0 bridgehead atoms. The minimum atomic E-state index is 0.864. The van der Waals surface area contributed by atoms with Gasteiger partial charge in [-0.3, -0.25) is 4.98 Å². The summed E-state index contributed by atoms with van der Waals surface area (Å²) in [5.74, 6) is 0. The molecule has 0 aliphatic carbocycles. The monoisotopic (exact) mass is 728 g/mol. The van der Waals surface area contributed by atoms with E-state index in [1.54, 1.807) is 0 Å². The molecule has 0 unspecified atom stereocenters. The highest BCUT2D eigenvalue weighted by atomic mass is 14.8. The van der Waals surface area contributed by atoms with E-state index in [4.69, 9.17) is 9.97 Å². The van der Waals surface area contributed by atoms with Crippen molar-refractivity contribution in [2.24, 2.45) is 0 Å². The quantitative estimate of drug-likeness (QED) is 0.153. The van der Waals surface area contributed by atoms with Crippen LogP contribution in [0.2, 0.25) is 0 Å². The number of nitrogens with zero attached hydrogens (tertiary/aromatic N) is 2. The fraction of sp³-hybridized carbons (Fsp3) is 0.0545. The summed E-state index contributed by atoms with van der Waals surface area (Å²) in [7, 11) is 0. The van der Waals surface area contributed by atoms with Gasteiger partial charge < -0.3 is 0 Å². The topological polar surface area (TPSA) is 25.8 Å². The minimum Gasteiger partial charge on any atom is -0.252 e. The third kappa shape index (κ3) is 6.16. The third-order valence-electron chi connectivity index (χ3n) is 11.5. The molecule has 0 radical (unpaired) electrons. The van der Waals surface area contributed by atoms with Crippen LogP contribution in [0.5, 0.6) is 0 Å². The van der Waals surface area contributed by atoms with Crippen molar-refractivity contribution in [1.29, 1.82) is 0 Å². The van der Waals surface area contributed by atoms with Crippen molar-refractivity contribution >= 4 is 32.6 Å². The summed E-state index contributed by atoms with van der Waals surface area (Å²) in [6.45, 7) is 4.55. The van der Waals surface area contributed by atoms with Crippen LogP contribution in [0.15, 0.2) is 194 Å². The Morgan fingerprint density at radius 1 is 0.368 bits per heavy atom. The standard InChI is InChI=1S/C55H40N2/c1-3-37-26-31-42(38-16-6-4-7-17-38)32-52(37)51-34-43(39-18-8-5-9-19-39)33-50(36(51)2)45-21-11-10-20-44(45)40-27-29-41(30-28-40)53-35-56-54-48-24-14-12-22-46(48)47-23-13-15-25-49(47)55(54)57-53/h4-35H,3H2,1-2H3. The molecule has 9 aromatic carbocycles. The van der Waals surface area contributed by atoms with Crippen LogP contribution in [0, 0.1) is 6.92 Å². The van der Waals surface area contributed by atoms with Crippen molar-refractivity contribution in [3.8, 4) is 66.9 Å². The van der Waals surface area contributed by atoms with Gasteiger partial charge in [-0.15, -0.1) is 0 Å². The minimum absolute atomic E-state index is 0.864. The van der Waals surface area contributed by atoms with Gasteiger partial charge in [0.15, 0.2) is 0 Å². The predicted molar refractivity (Wildman–Crippen MR) is 241 cm³/mol. The molecule has 0 spiro atoms. The van der Waals surface area contributed by atoms with E-state index in [-0.39, 0.29) is 0 Å². The molecule has 0 amide bonds. The lowest BCUT2D eigenvalue weighted by Gasteiger charge is -2.20. The number of hydrogen-bond donors (Lipinski definition) is 0. The number of benzene rings is 9. The van der Waals surface area contributed by atoms with Crippen LogP contribution in [-0.2, 0) is 6.42 Å². The number of rotatable bonds is 7. The summed E-state index contributed by atoms with van der Waals surface area (Å²) < 4.78 is 0. The van der Waals surface area contributed by atoms with Crippen molar-refractivity contribution in [1.82, 2.24) is 9.97 Å². The fourth-order valence-corrected chi connectivity index (χ4v) is 8.57. The first kappa shape index (κ1) is 34.3. The van der Waals surface area contributed by atoms with E-state index in [1.807, 2.05) is 6.20 Å². The van der Waals surface area contributed by atoms with E-state index in [0.717, 1.165) is 45.0 Å². The highest BCUT2D eigenvalue weighted by Gasteiger charge is 2.18. The zero-order valence-electron chi connectivity index (χ0n) is 32.1. The Morgan fingerprint density at radius 3 is 1.51 bits per heavy atom. The van der Waals surface area contributed by atoms with Gasteiger partial charge in [-0.25, -0.2) is 4.98 Å². The van der Waals surface area contributed by atoms with Crippen LogP contribution in [0.25, 0.3) is 99.5 Å². The van der Waals surface area contributed by atoms with Crippen LogP contribution in [-0.4, -0.2) is 9.97 Å². The second kappa shape index (κ2) is 14.5. The number of aromatic nitrogens is 2.